The van der Waals surface area contributed by atoms with Crippen LogP contribution < -0.4 is 0 Å². The molecule has 1 aliphatic heterocycles. The minimum Gasteiger partial charge on any atom is -0.306 e. The smallest absolute Gasteiger partial charge is 0.140 e. The van der Waals surface area contributed by atoms with E-state index < -0.39 is 0 Å². The molecule has 2 heteroatoms. The quantitative estimate of drug-likeness (QED) is 0.696. The summed E-state index contributed by atoms with van der Waals surface area (Å²) in [6, 6.07) is 0. The summed E-state index contributed by atoms with van der Waals surface area (Å²) in [5.41, 5.74) is 0.860. The van der Waals surface area contributed by atoms with E-state index in [1.165, 1.54) is 0 Å². The lowest BCUT2D eigenvalue weighted by Crippen LogP contribution is -2.43. The predicted octanol–water partition coefficient (Wildman–Crippen LogP) is 2.98. The molecule has 94 valence electrons. The predicted molar refractivity (Wildman–Crippen MR) is 72.9 cm³/mol. The molecule has 1 saturated heterocycles. The van der Waals surface area contributed by atoms with Crippen LogP contribution in [0.5, 0.6) is 0 Å². The Balaban J connectivity index is 3.03. The summed E-state index contributed by atoms with van der Waals surface area (Å²) in [6.07, 6.45) is 9.59. The van der Waals surface area contributed by atoms with Gasteiger partial charge in [-0.15, -0.1) is 0 Å². The van der Waals surface area contributed by atoms with E-state index in [9.17, 15) is 4.79 Å². The molecule has 0 aromatic rings. The molecule has 0 unspecified atom stereocenters. The highest BCUT2D eigenvalue weighted by Gasteiger charge is 2.39. The van der Waals surface area contributed by atoms with Gasteiger partial charge in [0.1, 0.15) is 5.78 Å². The topological polar surface area (TPSA) is 20.3 Å². The second-order valence-electron chi connectivity index (χ2n) is 4.78. The average molecular weight is 233 g/mol. The number of hydrogen-bond acceptors (Lipinski definition) is 2. The van der Waals surface area contributed by atoms with Gasteiger partial charge in [0, 0.05) is 0 Å². The van der Waals surface area contributed by atoms with Crippen molar-refractivity contribution in [3.63, 3.8) is 0 Å². The maximum atomic E-state index is 12.1. The van der Waals surface area contributed by atoms with Crippen molar-refractivity contribution in [2.45, 2.75) is 26.7 Å². The third-order valence-electron chi connectivity index (χ3n) is 3.79. The minimum absolute atomic E-state index is 0.277. The molecule has 0 aliphatic carbocycles. The van der Waals surface area contributed by atoms with Crippen molar-refractivity contribution in [2.24, 2.45) is 5.41 Å². The Labute approximate surface area is 105 Å². The first-order valence-corrected chi connectivity index (χ1v) is 6.22. The fraction of sp³-hybridized carbons (Fsp3) is 0.533. The molecular formula is C15H23NO. The number of allylic oxidation sites excluding steroid dienone is 5. The Morgan fingerprint density at radius 1 is 1.35 bits per heavy atom. The molecule has 2 nitrogen and oxygen atoms in total. The van der Waals surface area contributed by atoms with Crippen molar-refractivity contribution in [3.8, 4) is 0 Å². The summed E-state index contributed by atoms with van der Waals surface area (Å²) in [5, 5.41) is 0. The highest BCUT2D eigenvalue weighted by atomic mass is 16.1. The van der Waals surface area contributed by atoms with Crippen LogP contribution in [-0.4, -0.2) is 30.8 Å². The SMILES string of the molecule is C=C/C=C\C(=C/C)C1(C(C)=O)CCN(C)CC1. The largest absolute Gasteiger partial charge is 0.306 e. The zero-order valence-corrected chi connectivity index (χ0v) is 11.2. The molecule has 0 bridgehead atoms. The number of carbonyl (C=O) groups excluding carboxylic acids is 1. The van der Waals surface area contributed by atoms with Crippen molar-refractivity contribution in [2.75, 3.05) is 20.1 Å². The van der Waals surface area contributed by atoms with Crippen LogP contribution in [0.3, 0.4) is 0 Å². The molecule has 1 aliphatic rings. The summed E-state index contributed by atoms with van der Waals surface area (Å²) in [6.45, 7) is 9.38. The summed E-state index contributed by atoms with van der Waals surface area (Å²) in [5.74, 6) is 0.285. The first kappa shape index (κ1) is 13.9. The van der Waals surface area contributed by atoms with E-state index >= 15 is 0 Å². The maximum Gasteiger partial charge on any atom is 0.140 e. The third kappa shape index (κ3) is 2.95. The Hall–Kier alpha value is -1.15. The van der Waals surface area contributed by atoms with Crippen LogP contribution in [0.1, 0.15) is 26.7 Å². The van der Waals surface area contributed by atoms with E-state index in [-0.39, 0.29) is 11.2 Å². The average Bonchev–Trinajstić information content (AvgIpc) is 2.32. The molecule has 0 N–H and O–H groups in total. The van der Waals surface area contributed by atoms with Crippen LogP contribution in [0, 0.1) is 5.41 Å². The number of Topliss-reactive ketones (excluding diaryl/α,β-unsaturated/α-hetero) is 1. The Morgan fingerprint density at radius 3 is 2.35 bits per heavy atom. The molecule has 0 aromatic carbocycles. The molecule has 0 atom stereocenters. The molecule has 0 amide bonds. The number of rotatable bonds is 4. The van der Waals surface area contributed by atoms with Gasteiger partial charge >= 0.3 is 0 Å². The molecule has 0 saturated carbocycles. The van der Waals surface area contributed by atoms with Gasteiger partial charge in [-0.05, 0) is 52.4 Å². The van der Waals surface area contributed by atoms with Crippen molar-refractivity contribution in [1.82, 2.24) is 4.90 Å². The Kier molecular flexibility index (Phi) is 4.88. The molecule has 0 radical (unpaired) electrons. The van der Waals surface area contributed by atoms with Crippen LogP contribution in [0.4, 0.5) is 0 Å². The highest BCUT2D eigenvalue weighted by Crippen LogP contribution is 2.40. The van der Waals surface area contributed by atoms with E-state index in [2.05, 4.69) is 24.6 Å². The second-order valence-corrected chi connectivity index (χ2v) is 4.78. The number of carbonyl (C=O) groups is 1. The van der Waals surface area contributed by atoms with E-state index in [4.69, 9.17) is 0 Å². The maximum absolute atomic E-state index is 12.1. The molecule has 0 aromatic heterocycles. The second kappa shape index (κ2) is 5.97. The number of piperidine rings is 1. The summed E-state index contributed by atoms with van der Waals surface area (Å²) in [7, 11) is 2.11. The minimum atomic E-state index is -0.277. The van der Waals surface area contributed by atoms with E-state index in [1.54, 1.807) is 13.0 Å². The van der Waals surface area contributed by atoms with Crippen LogP contribution >= 0.6 is 0 Å². The van der Waals surface area contributed by atoms with Crippen LogP contribution in [0.15, 0.2) is 36.5 Å². The number of ketones is 1. The molecule has 0 spiro atoms. The van der Waals surface area contributed by atoms with E-state index in [0.717, 1.165) is 31.5 Å². The van der Waals surface area contributed by atoms with Gasteiger partial charge in [0.25, 0.3) is 0 Å². The fourth-order valence-corrected chi connectivity index (χ4v) is 2.55. The molecule has 17 heavy (non-hydrogen) atoms. The van der Waals surface area contributed by atoms with Crippen molar-refractivity contribution >= 4 is 5.78 Å². The fourth-order valence-electron chi connectivity index (χ4n) is 2.55. The third-order valence-corrected chi connectivity index (χ3v) is 3.79. The lowest BCUT2D eigenvalue weighted by Gasteiger charge is -2.40. The summed E-state index contributed by atoms with van der Waals surface area (Å²) < 4.78 is 0. The molecular weight excluding hydrogens is 210 g/mol. The molecule has 1 heterocycles. The van der Waals surface area contributed by atoms with Gasteiger partial charge in [0.15, 0.2) is 0 Å². The number of likely N-dealkylation sites (tertiary alicyclic amines) is 1. The van der Waals surface area contributed by atoms with Gasteiger partial charge < -0.3 is 4.90 Å². The van der Waals surface area contributed by atoms with Gasteiger partial charge in [-0.25, -0.2) is 0 Å². The summed E-state index contributed by atoms with van der Waals surface area (Å²) in [4.78, 5) is 14.4. The monoisotopic (exact) mass is 233 g/mol. The summed E-state index contributed by atoms with van der Waals surface area (Å²) >= 11 is 0. The van der Waals surface area contributed by atoms with Crippen molar-refractivity contribution in [3.05, 3.63) is 36.5 Å². The normalized spacial score (nSPS) is 21.7. The zero-order valence-electron chi connectivity index (χ0n) is 11.2. The molecule has 1 rings (SSSR count). The number of hydrogen-bond donors (Lipinski definition) is 0. The first-order chi connectivity index (χ1) is 8.06. The Bertz CT molecular complexity index is 344. The lowest BCUT2D eigenvalue weighted by molar-refractivity contribution is -0.126. The van der Waals surface area contributed by atoms with Gasteiger partial charge in [-0.3, -0.25) is 4.79 Å². The number of nitrogens with zero attached hydrogens (tertiary/aromatic N) is 1. The van der Waals surface area contributed by atoms with Gasteiger partial charge in [0.2, 0.25) is 0 Å². The van der Waals surface area contributed by atoms with Crippen molar-refractivity contribution in [1.29, 1.82) is 0 Å². The van der Waals surface area contributed by atoms with Crippen LogP contribution in [0.2, 0.25) is 0 Å². The zero-order chi connectivity index (χ0) is 12.9. The standard InChI is InChI=1S/C15H23NO/c1-5-7-8-14(6-2)15(13(3)17)9-11-16(4)12-10-15/h5-8H,1,9-12H2,2-4H3/b8-7-,14-6+. The Morgan fingerprint density at radius 2 is 1.94 bits per heavy atom. The molecule has 1 fully saturated rings. The highest BCUT2D eigenvalue weighted by molar-refractivity contribution is 5.86. The van der Waals surface area contributed by atoms with Crippen LogP contribution in [0.25, 0.3) is 0 Å². The van der Waals surface area contributed by atoms with E-state index in [0.29, 0.717) is 0 Å². The van der Waals surface area contributed by atoms with E-state index in [1.807, 2.05) is 19.1 Å². The lowest BCUT2D eigenvalue weighted by atomic mass is 9.69. The first-order valence-electron chi connectivity index (χ1n) is 6.22. The van der Waals surface area contributed by atoms with Gasteiger partial charge in [-0.2, -0.15) is 0 Å². The van der Waals surface area contributed by atoms with Gasteiger partial charge in [-0.1, -0.05) is 30.9 Å². The van der Waals surface area contributed by atoms with Crippen LogP contribution in [-0.2, 0) is 4.79 Å². The van der Waals surface area contributed by atoms with Gasteiger partial charge in [0.05, 0.1) is 5.41 Å². The van der Waals surface area contributed by atoms with Crippen molar-refractivity contribution < 1.29 is 4.79 Å².